The van der Waals surface area contributed by atoms with Gasteiger partial charge in [0.1, 0.15) is 17.8 Å². The largest absolute Gasteiger partial charge is 0.346 e. The smallest absolute Gasteiger partial charge is 0.261 e. The van der Waals surface area contributed by atoms with E-state index in [2.05, 4.69) is 19.9 Å². The minimum atomic E-state index is 0. The molecule has 1 fully saturated rings. The molecule has 1 amide bonds. The van der Waals surface area contributed by atoms with Crippen molar-refractivity contribution in [2.45, 2.75) is 25.3 Å². The first-order chi connectivity index (χ1) is 12.2. The molecule has 7 nitrogen and oxygen atoms in total. The highest BCUT2D eigenvalue weighted by Gasteiger charge is 2.26. The number of halogens is 1. The number of aromatic nitrogens is 3. The van der Waals surface area contributed by atoms with Gasteiger partial charge in [-0.2, -0.15) is 0 Å². The van der Waals surface area contributed by atoms with Crippen LogP contribution in [-0.4, -0.2) is 57.2 Å². The van der Waals surface area contributed by atoms with Gasteiger partial charge in [-0.1, -0.05) is 6.42 Å². The Morgan fingerprint density at radius 3 is 3.08 bits per heavy atom. The van der Waals surface area contributed by atoms with E-state index in [1.165, 1.54) is 0 Å². The lowest BCUT2D eigenvalue weighted by molar-refractivity contribution is -0.126. The maximum atomic E-state index is 13.0. The van der Waals surface area contributed by atoms with E-state index >= 15 is 0 Å². The van der Waals surface area contributed by atoms with Crippen molar-refractivity contribution in [2.75, 3.05) is 30.3 Å². The third-order valence-electron chi connectivity index (χ3n) is 4.67. The first-order valence-electron chi connectivity index (χ1n) is 8.66. The van der Waals surface area contributed by atoms with Crippen LogP contribution in [0.3, 0.4) is 0 Å². The fraction of sp³-hybridized carbons (Fsp3) is 0.471. The minimum absolute atomic E-state index is 0. The van der Waals surface area contributed by atoms with Crippen molar-refractivity contribution in [3.05, 3.63) is 29.7 Å². The van der Waals surface area contributed by atoms with Gasteiger partial charge in [0.05, 0.1) is 10.3 Å². The second-order valence-electron chi connectivity index (χ2n) is 6.48. The number of amides is 1. The molecule has 3 N–H and O–H groups in total. The second-order valence-corrected chi connectivity index (χ2v) is 7.62. The molecule has 2 aromatic heterocycles. The highest BCUT2D eigenvalue weighted by Crippen LogP contribution is 2.30. The van der Waals surface area contributed by atoms with Gasteiger partial charge in [-0.15, -0.1) is 24.2 Å². The number of aromatic amines is 1. The molecule has 0 spiro atoms. The standard InChI is InChI=1S/C17H22N6OS.ClH/c18-12-3-1-2-6-23(9-12)17(24)14-10-22(7-8-25-14)16-13-4-5-19-15(13)20-11-21-16;/h4-5,10-12H,1-3,6-9,18H2,(H,19,20,21);1H/t12-;/m1./s1. The zero-order valence-electron chi connectivity index (χ0n) is 14.4. The van der Waals surface area contributed by atoms with E-state index in [0.717, 1.165) is 59.9 Å². The van der Waals surface area contributed by atoms with Crippen LogP contribution in [0.15, 0.2) is 29.7 Å². The molecule has 0 radical (unpaired) electrons. The van der Waals surface area contributed by atoms with Crippen molar-refractivity contribution in [1.29, 1.82) is 0 Å². The molecule has 0 unspecified atom stereocenters. The van der Waals surface area contributed by atoms with Gasteiger partial charge >= 0.3 is 0 Å². The zero-order valence-corrected chi connectivity index (χ0v) is 16.1. The summed E-state index contributed by atoms with van der Waals surface area (Å²) in [6.45, 7) is 2.25. The quantitative estimate of drug-likeness (QED) is 0.810. The minimum Gasteiger partial charge on any atom is -0.346 e. The molecular formula is C17H23ClN6OS. The molecule has 2 aliphatic heterocycles. The summed E-state index contributed by atoms with van der Waals surface area (Å²) in [5.41, 5.74) is 6.92. The number of hydrogen-bond acceptors (Lipinski definition) is 6. The highest BCUT2D eigenvalue weighted by atomic mass is 35.5. The van der Waals surface area contributed by atoms with Crippen molar-refractivity contribution < 1.29 is 4.79 Å². The second kappa shape index (κ2) is 8.28. The third kappa shape index (κ3) is 3.82. The van der Waals surface area contributed by atoms with Crippen LogP contribution in [0.25, 0.3) is 11.0 Å². The number of nitrogens with two attached hydrogens (primary N) is 1. The number of anilines is 1. The monoisotopic (exact) mass is 394 g/mol. The Kier molecular flexibility index (Phi) is 6.05. The molecule has 4 rings (SSSR count). The van der Waals surface area contributed by atoms with Gasteiger partial charge in [-0.05, 0) is 18.9 Å². The maximum absolute atomic E-state index is 13.0. The number of likely N-dealkylation sites (tertiary alicyclic amines) is 1. The fourth-order valence-corrected chi connectivity index (χ4v) is 4.35. The lowest BCUT2D eigenvalue weighted by Crippen LogP contribution is -2.41. The van der Waals surface area contributed by atoms with Crippen LogP contribution in [0.5, 0.6) is 0 Å². The summed E-state index contributed by atoms with van der Waals surface area (Å²) in [6.07, 6.45) is 8.46. The molecule has 0 aliphatic carbocycles. The summed E-state index contributed by atoms with van der Waals surface area (Å²) in [6, 6.07) is 2.05. The molecule has 9 heteroatoms. The fourth-order valence-electron chi connectivity index (χ4n) is 3.38. The van der Waals surface area contributed by atoms with Crippen LogP contribution in [-0.2, 0) is 4.79 Å². The number of carbonyl (C=O) groups is 1. The first kappa shape index (κ1) is 19.0. The molecule has 4 heterocycles. The lowest BCUT2D eigenvalue weighted by atomic mass is 10.2. The Bertz CT molecular complexity index is 809. The molecule has 0 saturated carbocycles. The summed E-state index contributed by atoms with van der Waals surface area (Å²) in [5.74, 6) is 1.78. The van der Waals surface area contributed by atoms with Crippen LogP contribution in [0, 0.1) is 0 Å². The number of nitrogens with zero attached hydrogens (tertiary/aromatic N) is 4. The Morgan fingerprint density at radius 2 is 2.19 bits per heavy atom. The number of carbonyl (C=O) groups excluding carboxylic acids is 1. The molecule has 2 aliphatic rings. The van der Waals surface area contributed by atoms with E-state index in [-0.39, 0.29) is 24.4 Å². The molecule has 2 aromatic rings. The van der Waals surface area contributed by atoms with E-state index < -0.39 is 0 Å². The molecule has 140 valence electrons. The van der Waals surface area contributed by atoms with Crippen LogP contribution >= 0.6 is 24.2 Å². The molecular weight excluding hydrogens is 372 g/mol. The summed E-state index contributed by atoms with van der Waals surface area (Å²) in [5, 5.41) is 0.967. The van der Waals surface area contributed by atoms with E-state index in [9.17, 15) is 4.79 Å². The summed E-state index contributed by atoms with van der Waals surface area (Å²) < 4.78 is 0. The number of thioether (sulfide) groups is 1. The molecule has 0 bridgehead atoms. The van der Waals surface area contributed by atoms with E-state index in [1.807, 2.05) is 23.4 Å². The number of H-pyrrole nitrogens is 1. The van der Waals surface area contributed by atoms with Crippen LogP contribution in [0.4, 0.5) is 5.82 Å². The summed E-state index contributed by atoms with van der Waals surface area (Å²) in [7, 11) is 0. The van der Waals surface area contributed by atoms with Gasteiger partial charge in [0, 0.05) is 43.8 Å². The number of fused-ring (bicyclic) bond motifs is 1. The predicted molar refractivity (Wildman–Crippen MR) is 107 cm³/mol. The van der Waals surface area contributed by atoms with Crippen molar-refractivity contribution in [3.63, 3.8) is 0 Å². The van der Waals surface area contributed by atoms with Crippen molar-refractivity contribution in [1.82, 2.24) is 19.9 Å². The molecule has 26 heavy (non-hydrogen) atoms. The zero-order chi connectivity index (χ0) is 17.2. The van der Waals surface area contributed by atoms with Gasteiger partial charge in [0.2, 0.25) is 0 Å². The number of nitrogens with one attached hydrogen (secondary N) is 1. The van der Waals surface area contributed by atoms with E-state index in [4.69, 9.17) is 5.73 Å². The topological polar surface area (TPSA) is 91.1 Å². The summed E-state index contributed by atoms with van der Waals surface area (Å²) >= 11 is 1.62. The van der Waals surface area contributed by atoms with Crippen LogP contribution < -0.4 is 10.6 Å². The van der Waals surface area contributed by atoms with Crippen molar-refractivity contribution in [2.24, 2.45) is 5.73 Å². The Labute approximate surface area is 162 Å². The normalized spacial score (nSPS) is 21.1. The van der Waals surface area contributed by atoms with Crippen molar-refractivity contribution in [3.8, 4) is 0 Å². The lowest BCUT2D eigenvalue weighted by Gasteiger charge is -2.29. The average molecular weight is 395 g/mol. The number of rotatable bonds is 2. The van der Waals surface area contributed by atoms with Gasteiger partial charge in [0.25, 0.3) is 5.91 Å². The average Bonchev–Trinajstić information content (AvgIpc) is 3.02. The van der Waals surface area contributed by atoms with Crippen LogP contribution in [0.1, 0.15) is 19.3 Å². The molecule has 1 saturated heterocycles. The van der Waals surface area contributed by atoms with E-state index in [1.54, 1.807) is 18.1 Å². The molecule has 1 atom stereocenters. The Hall–Kier alpha value is -1.77. The van der Waals surface area contributed by atoms with Gasteiger partial charge in [0.15, 0.2) is 0 Å². The van der Waals surface area contributed by atoms with Crippen molar-refractivity contribution >= 4 is 46.9 Å². The van der Waals surface area contributed by atoms with Gasteiger partial charge in [-0.25, -0.2) is 9.97 Å². The molecule has 0 aromatic carbocycles. The predicted octanol–water partition coefficient (Wildman–Crippen LogP) is 2.11. The van der Waals surface area contributed by atoms with E-state index in [0.29, 0.717) is 6.54 Å². The van der Waals surface area contributed by atoms with Crippen LogP contribution in [0.2, 0.25) is 0 Å². The van der Waals surface area contributed by atoms with Gasteiger partial charge in [-0.3, -0.25) is 4.79 Å². The maximum Gasteiger partial charge on any atom is 0.261 e. The third-order valence-corrected chi connectivity index (χ3v) is 5.65. The number of hydrogen-bond donors (Lipinski definition) is 2. The summed E-state index contributed by atoms with van der Waals surface area (Å²) in [4.78, 5) is 29.5. The first-order valence-corrected chi connectivity index (χ1v) is 9.65. The Morgan fingerprint density at radius 1 is 1.31 bits per heavy atom. The highest BCUT2D eigenvalue weighted by molar-refractivity contribution is 8.04. The Balaban J connectivity index is 0.00000196. The van der Waals surface area contributed by atoms with Gasteiger partial charge < -0.3 is 20.5 Å². The SMILES string of the molecule is Cl.N[C@@H]1CCCCN(C(=O)C2=CN(c3ncnc4[nH]ccc34)CCS2)C1.